The van der Waals surface area contributed by atoms with Gasteiger partial charge >= 0.3 is 0 Å². The van der Waals surface area contributed by atoms with E-state index in [0.29, 0.717) is 37.8 Å². The number of nitrogens with zero attached hydrogens (tertiary/aromatic N) is 3. The number of rotatable bonds is 12. The van der Waals surface area contributed by atoms with Gasteiger partial charge in [-0.15, -0.1) is 0 Å². The Balaban J connectivity index is 1.28. The second-order valence-corrected chi connectivity index (χ2v) is 7.77. The molecule has 2 aromatic heterocycles. The summed E-state index contributed by atoms with van der Waals surface area (Å²) in [5.41, 5.74) is 3.26. The average molecular weight is 451 g/mol. The molecule has 174 valence electrons. The fraction of sp³-hybridized carbons (Fsp3) is 0.360. The Hall–Kier alpha value is -3.36. The van der Waals surface area contributed by atoms with Gasteiger partial charge in [-0.2, -0.15) is 0 Å². The normalized spacial score (nSPS) is 13.5. The van der Waals surface area contributed by atoms with Crippen molar-refractivity contribution in [3.63, 3.8) is 0 Å². The molecule has 0 fully saturated rings. The minimum absolute atomic E-state index is 0.172. The van der Waals surface area contributed by atoms with Gasteiger partial charge in [-0.05, 0) is 49.4 Å². The van der Waals surface area contributed by atoms with Gasteiger partial charge in [-0.1, -0.05) is 6.92 Å². The number of aliphatic hydroxyl groups is 1. The molecule has 33 heavy (non-hydrogen) atoms. The van der Waals surface area contributed by atoms with E-state index in [1.807, 2.05) is 42.5 Å². The number of hydrogen-bond donors (Lipinski definition) is 2. The van der Waals surface area contributed by atoms with Crippen LogP contribution in [0.3, 0.4) is 0 Å². The maximum Gasteiger partial charge on any atom is 0.228 e. The summed E-state index contributed by atoms with van der Waals surface area (Å²) in [6.45, 7) is 6.41. The van der Waals surface area contributed by atoms with E-state index in [1.54, 1.807) is 12.4 Å². The number of ether oxygens (including phenoxy) is 2. The summed E-state index contributed by atoms with van der Waals surface area (Å²) in [4.78, 5) is 10.9. The van der Waals surface area contributed by atoms with Crippen LogP contribution in [-0.4, -0.2) is 66.0 Å². The number of aromatic nitrogens is 2. The van der Waals surface area contributed by atoms with E-state index in [0.717, 1.165) is 47.8 Å². The molecule has 1 aromatic carbocycles. The van der Waals surface area contributed by atoms with Crippen molar-refractivity contribution in [1.29, 1.82) is 0 Å². The third kappa shape index (κ3) is 6.34. The van der Waals surface area contributed by atoms with Crippen molar-refractivity contribution in [2.45, 2.75) is 13.3 Å². The molecular weight excluding hydrogens is 420 g/mol. The highest BCUT2D eigenvalue weighted by molar-refractivity contribution is 5.77. The average Bonchev–Trinajstić information content (AvgIpc) is 3.28. The third-order valence-electron chi connectivity index (χ3n) is 5.27. The Morgan fingerprint density at radius 1 is 1.15 bits per heavy atom. The largest absolute Gasteiger partial charge is 0.495 e. The molecule has 8 heteroatoms. The molecule has 0 aliphatic carbocycles. The van der Waals surface area contributed by atoms with Crippen molar-refractivity contribution in [2.75, 3.05) is 46.0 Å². The molecule has 0 atom stereocenters. The second kappa shape index (κ2) is 11.5. The Labute approximate surface area is 193 Å². The molecule has 4 rings (SSSR count). The van der Waals surface area contributed by atoms with Gasteiger partial charge in [0.25, 0.3) is 0 Å². The predicted octanol–water partition coefficient (Wildman–Crippen LogP) is 3.36. The zero-order valence-corrected chi connectivity index (χ0v) is 18.9. The minimum atomic E-state index is 0.172. The topological polar surface area (TPSA) is 92.9 Å². The van der Waals surface area contributed by atoms with Gasteiger partial charge in [0, 0.05) is 37.2 Å². The van der Waals surface area contributed by atoms with E-state index in [1.165, 1.54) is 0 Å². The maximum atomic E-state index is 9.14. The van der Waals surface area contributed by atoms with Crippen molar-refractivity contribution < 1.29 is 19.0 Å². The summed E-state index contributed by atoms with van der Waals surface area (Å²) in [5, 5.41) is 12.5. The molecule has 0 bridgehead atoms. The van der Waals surface area contributed by atoms with Crippen LogP contribution in [0.2, 0.25) is 0 Å². The molecule has 1 aliphatic rings. The minimum Gasteiger partial charge on any atom is -0.495 e. The lowest BCUT2D eigenvalue weighted by atomic mass is 10.2. The van der Waals surface area contributed by atoms with Gasteiger partial charge in [0.05, 0.1) is 18.7 Å². The molecule has 0 radical (unpaired) electrons. The lowest BCUT2D eigenvalue weighted by Gasteiger charge is -2.22. The molecule has 0 unspecified atom stereocenters. The van der Waals surface area contributed by atoms with E-state index in [4.69, 9.17) is 19.0 Å². The molecule has 0 saturated carbocycles. The Morgan fingerprint density at radius 2 is 2.09 bits per heavy atom. The number of benzene rings is 1. The molecule has 3 heterocycles. The second-order valence-electron chi connectivity index (χ2n) is 7.77. The molecule has 3 aromatic rings. The number of aliphatic hydroxyl groups excluding tert-OH is 1. The van der Waals surface area contributed by atoms with Crippen molar-refractivity contribution in [1.82, 2.24) is 20.2 Å². The van der Waals surface area contributed by atoms with Gasteiger partial charge in [0.1, 0.15) is 30.2 Å². The highest BCUT2D eigenvalue weighted by atomic mass is 16.5. The summed E-state index contributed by atoms with van der Waals surface area (Å²) in [6.07, 6.45) is 8.46. The first kappa shape index (κ1) is 22.8. The first-order chi connectivity index (χ1) is 16.2. The van der Waals surface area contributed by atoms with E-state index in [9.17, 15) is 0 Å². The van der Waals surface area contributed by atoms with Gasteiger partial charge in [-0.25, -0.2) is 4.98 Å². The summed E-state index contributed by atoms with van der Waals surface area (Å²) < 4.78 is 17.6. The van der Waals surface area contributed by atoms with Gasteiger partial charge in [0.15, 0.2) is 5.58 Å². The lowest BCUT2D eigenvalue weighted by molar-refractivity contribution is 0.135. The lowest BCUT2D eigenvalue weighted by Crippen LogP contribution is -2.32. The fourth-order valence-electron chi connectivity index (χ4n) is 3.58. The molecule has 0 saturated heterocycles. The van der Waals surface area contributed by atoms with Crippen molar-refractivity contribution in [2.24, 2.45) is 0 Å². The summed E-state index contributed by atoms with van der Waals surface area (Å²) in [7, 11) is 0. The number of pyridine rings is 1. The highest BCUT2D eigenvalue weighted by Gasteiger charge is 2.11. The number of allylic oxidation sites excluding steroid dienone is 2. The first-order valence-electron chi connectivity index (χ1n) is 11.3. The van der Waals surface area contributed by atoms with E-state index in [-0.39, 0.29) is 6.61 Å². The predicted molar refractivity (Wildman–Crippen MR) is 127 cm³/mol. The standard InChI is InChI=1S/C25H30N4O4/c1-2-10-29(11-13-30)12-14-31-22-6-5-20(27-17-22)18-32-21-7-8-24-23(15-21)28-25(33-24)19-4-3-9-26-16-19/h3-9,15-16,27,30H,2,10-14,17-18H2,1H3. The number of oxazole rings is 1. The monoisotopic (exact) mass is 450 g/mol. The molecule has 8 nitrogen and oxygen atoms in total. The Kier molecular flexibility index (Phi) is 7.94. The molecule has 0 spiro atoms. The first-order valence-corrected chi connectivity index (χ1v) is 11.3. The maximum absolute atomic E-state index is 9.14. The van der Waals surface area contributed by atoms with Crippen LogP contribution in [0.5, 0.6) is 5.75 Å². The van der Waals surface area contributed by atoms with Gasteiger partial charge in [0.2, 0.25) is 5.89 Å². The molecule has 0 amide bonds. The van der Waals surface area contributed by atoms with Gasteiger partial charge in [-0.3, -0.25) is 9.88 Å². The third-order valence-corrected chi connectivity index (χ3v) is 5.27. The molecule has 2 N–H and O–H groups in total. The van der Waals surface area contributed by atoms with Crippen LogP contribution in [0.4, 0.5) is 0 Å². The number of dihydropyridines is 1. The number of nitrogens with one attached hydrogen (secondary N) is 1. The molecule has 1 aliphatic heterocycles. The van der Waals surface area contributed by atoms with Crippen LogP contribution in [0.1, 0.15) is 13.3 Å². The Bertz CT molecular complexity index is 1090. The van der Waals surface area contributed by atoms with E-state index < -0.39 is 0 Å². The number of hydrogen-bond acceptors (Lipinski definition) is 8. The summed E-state index contributed by atoms with van der Waals surface area (Å²) in [5.74, 6) is 2.16. The zero-order chi connectivity index (χ0) is 22.9. The Morgan fingerprint density at radius 3 is 2.85 bits per heavy atom. The van der Waals surface area contributed by atoms with Crippen LogP contribution in [-0.2, 0) is 4.74 Å². The fourth-order valence-corrected chi connectivity index (χ4v) is 3.58. The van der Waals surface area contributed by atoms with Crippen molar-refractivity contribution in [3.8, 4) is 17.2 Å². The SMILES string of the molecule is CCCN(CCO)CCOC1=CC=C(COc2ccc3oc(-c4cccnc4)nc3c2)NC1. The zero-order valence-electron chi connectivity index (χ0n) is 18.9. The van der Waals surface area contributed by atoms with Crippen molar-refractivity contribution in [3.05, 3.63) is 66.3 Å². The summed E-state index contributed by atoms with van der Waals surface area (Å²) in [6, 6.07) is 9.39. The van der Waals surface area contributed by atoms with Crippen molar-refractivity contribution >= 4 is 11.1 Å². The van der Waals surface area contributed by atoms with Crippen LogP contribution < -0.4 is 10.1 Å². The highest BCUT2D eigenvalue weighted by Crippen LogP contribution is 2.26. The summed E-state index contributed by atoms with van der Waals surface area (Å²) >= 11 is 0. The van der Waals surface area contributed by atoms with Gasteiger partial charge < -0.3 is 24.3 Å². The van der Waals surface area contributed by atoms with Crippen LogP contribution in [0.15, 0.2) is 70.8 Å². The smallest absolute Gasteiger partial charge is 0.228 e. The van der Waals surface area contributed by atoms with E-state index >= 15 is 0 Å². The molecular formula is C25H30N4O4. The van der Waals surface area contributed by atoms with Crippen LogP contribution in [0, 0.1) is 0 Å². The van der Waals surface area contributed by atoms with E-state index in [2.05, 4.69) is 27.1 Å². The number of fused-ring (bicyclic) bond motifs is 1. The van der Waals surface area contributed by atoms with Crippen LogP contribution >= 0.6 is 0 Å². The van der Waals surface area contributed by atoms with Crippen LogP contribution in [0.25, 0.3) is 22.6 Å². The quantitative estimate of drug-likeness (QED) is 0.434.